The summed E-state index contributed by atoms with van der Waals surface area (Å²) in [5.74, 6) is 0.758. The van der Waals surface area contributed by atoms with Crippen LogP contribution < -0.4 is 5.32 Å². The number of nitrogens with one attached hydrogen (secondary N) is 1. The molecule has 1 atom stereocenters. The first-order valence-electron chi connectivity index (χ1n) is 7.48. The summed E-state index contributed by atoms with van der Waals surface area (Å²) in [5.41, 5.74) is -0.386. The second-order valence-corrected chi connectivity index (χ2v) is 5.87. The fourth-order valence-electron chi connectivity index (χ4n) is 2.46. The van der Waals surface area contributed by atoms with Gasteiger partial charge in [-0.3, -0.25) is 5.32 Å². The average molecular weight is 251 g/mol. The van der Waals surface area contributed by atoms with Crippen LogP contribution in [0.5, 0.6) is 0 Å². The van der Waals surface area contributed by atoms with E-state index >= 15 is 0 Å². The van der Waals surface area contributed by atoms with Crippen LogP contribution in [0.3, 0.4) is 0 Å². The summed E-state index contributed by atoms with van der Waals surface area (Å²) >= 11 is 0. The Balaban J connectivity index is 2.50. The van der Waals surface area contributed by atoms with Crippen LogP contribution in [0.2, 0.25) is 0 Å². The highest BCUT2D eigenvalue weighted by Gasteiger charge is 2.33. The molecule has 1 fully saturated rings. The van der Waals surface area contributed by atoms with Crippen LogP contribution >= 0.6 is 0 Å². The number of hydrogen-bond donors (Lipinski definition) is 1. The van der Waals surface area contributed by atoms with E-state index in [1.165, 1.54) is 25.7 Å². The van der Waals surface area contributed by atoms with Gasteiger partial charge in [0.25, 0.3) is 0 Å². The SMILES string of the molecule is CCC(CC)CN(CC)CC(C)(C#N)NC1CC1. The van der Waals surface area contributed by atoms with Crippen LogP contribution in [0.1, 0.15) is 53.4 Å². The molecule has 3 heteroatoms. The third-order valence-corrected chi connectivity index (χ3v) is 4.00. The van der Waals surface area contributed by atoms with Crippen LogP contribution in [0.25, 0.3) is 0 Å². The predicted octanol–water partition coefficient (Wildman–Crippen LogP) is 2.78. The standard InChI is InChI=1S/C15H29N3/c1-5-13(6-2)10-18(7-3)12-15(4,11-16)17-14-8-9-14/h13-14,17H,5-10,12H2,1-4H3. The van der Waals surface area contributed by atoms with Crippen LogP contribution in [0, 0.1) is 17.2 Å². The van der Waals surface area contributed by atoms with Crippen molar-refractivity contribution in [3.8, 4) is 6.07 Å². The highest BCUT2D eigenvalue weighted by Crippen LogP contribution is 2.23. The summed E-state index contributed by atoms with van der Waals surface area (Å²) in [6, 6.07) is 3.06. The molecule has 0 aromatic heterocycles. The van der Waals surface area contributed by atoms with Crippen molar-refractivity contribution in [1.82, 2.24) is 10.2 Å². The smallest absolute Gasteiger partial charge is 0.116 e. The summed E-state index contributed by atoms with van der Waals surface area (Å²) in [5, 5.41) is 12.9. The lowest BCUT2D eigenvalue weighted by Crippen LogP contribution is -2.52. The Labute approximate surface area is 113 Å². The molecule has 0 aliphatic heterocycles. The number of nitrogens with zero attached hydrogens (tertiary/aromatic N) is 2. The molecule has 1 aliphatic carbocycles. The first-order chi connectivity index (χ1) is 8.56. The molecule has 0 saturated heterocycles. The van der Waals surface area contributed by atoms with E-state index in [2.05, 4.69) is 37.1 Å². The van der Waals surface area contributed by atoms with Gasteiger partial charge in [0.2, 0.25) is 0 Å². The monoisotopic (exact) mass is 251 g/mol. The minimum atomic E-state index is -0.386. The first kappa shape index (κ1) is 15.5. The Morgan fingerprint density at radius 2 is 1.94 bits per heavy atom. The maximum absolute atomic E-state index is 9.42. The third-order valence-electron chi connectivity index (χ3n) is 4.00. The van der Waals surface area contributed by atoms with Crippen molar-refractivity contribution in [3.05, 3.63) is 0 Å². The van der Waals surface area contributed by atoms with Gasteiger partial charge in [0.1, 0.15) is 5.54 Å². The molecule has 1 saturated carbocycles. The van der Waals surface area contributed by atoms with Gasteiger partial charge in [-0.2, -0.15) is 5.26 Å². The van der Waals surface area contributed by atoms with E-state index in [1.54, 1.807) is 0 Å². The van der Waals surface area contributed by atoms with Crippen LogP contribution in [0.15, 0.2) is 0 Å². The van der Waals surface area contributed by atoms with Crippen molar-refractivity contribution in [2.24, 2.45) is 5.92 Å². The molecule has 1 rings (SSSR count). The second kappa shape index (κ2) is 7.11. The highest BCUT2D eigenvalue weighted by atomic mass is 15.2. The molecule has 104 valence electrons. The maximum Gasteiger partial charge on any atom is 0.116 e. The fourth-order valence-corrected chi connectivity index (χ4v) is 2.46. The lowest BCUT2D eigenvalue weighted by atomic mass is 9.99. The molecule has 1 aliphatic rings. The molecule has 0 radical (unpaired) electrons. The molecule has 0 amide bonds. The average Bonchev–Trinajstić information content (AvgIpc) is 3.18. The molecular weight excluding hydrogens is 222 g/mol. The van der Waals surface area contributed by atoms with E-state index in [0.29, 0.717) is 6.04 Å². The summed E-state index contributed by atoms with van der Waals surface area (Å²) in [4.78, 5) is 2.43. The number of rotatable bonds is 9. The summed E-state index contributed by atoms with van der Waals surface area (Å²) in [6.07, 6.45) is 4.92. The maximum atomic E-state index is 9.42. The van der Waals surface area contributed by atoms with E-state index in [0.717, 1.165) is 25.6 Å². The van der Waals surface area contributed by atoms with E-state index in [1.807, 2.05) is 6.92 Å². The van der Waals surface area contributed by atoms with Crippen molar-refractivity contribution in [1.29, 1.82) is 5.26 Å². The Morgan fingerprint density at radius 1 is 1.33 bits per heavy atom. The van der Waals surface area contributed by atoms with Crippen molar-refractivity contribution in [3.63, 3.8) is 0 Å². The molecular formula is C15H29N3. The molecule has 0 heterocycles. The minimum absolute atomic E-state index is 0.386. The Morgan fingerprint density at radius 3 is 2.33 bits per heavy atom. The zero-order chi connectivity index (χ0) is 13.6. The molecule has 1 unspecified atom stereocenters. The zero-order valence-corrected chi connectivity index (χ0v) is 12.5. The topological polar surface area (TPSA) is 39.1 Å². The molecule has 0 aromatic rings. The quantitative estimate of drug-likeness (QED) is 0.685. The van der Waals surface area contributed by atoms with Crippen molar-refractivity contribution >= 4 is 0 Å². The van der Waals surface area contributed by atoms with Gasteiger partial charge in [0.05, 0.1) is 6.07 Å². The molecule has 0 aromatic carbocycles. The third kappa shape index (κ3) is 4.96. The first-order valence-corrected chi connectivity index (χ1v) is 7.48. The van der Waals surface area contributed by atoms with E-state index in [-0.39, 0.29) is 5.54 Å². The molecule has 1 N–H and O–H groups in total. The highest BCUT2D eigenvalue weighted by molar-refractivity contribution is 5.08. The van der Waals surface area contributed by atoms with Gasteiger partial charge in [-0.25, -0.2) is 0 Å². The number of likely N-dealkylation sites (N-methyl/N-ethyl adjacent to an activating group) is 1. The molecule has 0 spiro atoms. The van der Waals surface area contributed by atoms with E-state index < -0.39 is 0 Å². The lowest BCUT2D eigenvalue weighted by molar-refractivity contribution is 0.192. The Kier molecular flexibility index (Phi) is 6.11. The van der Waals surface area contributed by atoms with E-state index in [4.69, 9.17) is 0 Å². The summed E-state index contributed by atoms with van der Waals surface area (Å²) in [7, 11) is 0. The van der Waals surface area contributed by atoms with Gasteiger partial charge < -0.3 is 4.90 Å². The van der Waals surface area contributed by atoms with Gasteiger partial charge in [-0.1, -0.05) is 33.6 Å². The summed E-state index contributed by atoms with van der Waals surface area (Å²) < 4.78 is 0. The Bertz CT molecular complexity index is 276. The predicted molar refractivity (Wildman–Crippen MR) is 76.4 cm³/mol. The van der Waals surface area contributed by atoms with Gasteiger partial charge in [0, 0.05) is 19.1 Å². The summed E-state index contributed by atoms with van der Waals surface area (Å²) in [6.45, 7) is 11.7. The fraction of sp³-hybridized carbons (Fsp3) is 0.933. The number of hydrogen-bond acceptors (Lipinski definition) is 3. The minimum Gasteiger partial charge on any atom is -0.300 e. The van der Waals surface area contributed by atoms with E-state index in [9.17, 15) is 5.26 Å². The molecule has 3 nitrogen and oxygen atoms in total. The van der Waals surface area contributed by atoms with Crippen LogP contribution in [0.4, 0.5) is 0 Å². The molecule has 0 bridgehead atoms. The van der Waals surface area contributed by atoms with Gasteiger partial charge in [0.15, 0.2) is 0 Å². The van der Waals surface area contributed by atoms with Crippen LogP contribution in [-0.4, -0.2) is 36.1 Å². The van der Waals surface area contributed by atoms with Gasteiger partial charge in [-0.05, 0) is 32.2 Å². The molecule has 18 heavy (non-hydrogen) atoms. The second-order valence-electron chi connectivity index (χ2n) is 5.87. The van der Waals surface area contributed by atoms with Crippen molar-refractivity contribution in [2.45, 2.75) is 65.0 Å². The van der Waals surface area contributed by atoms with Gasteiger partial charge in [-0.15, -0.1) is 0 Å². The van der Waals surface area contributed by atoms with Crippen LogP contribution in [-0.2, 0) is 0 Å². The normalized spacial score (nSPS) is 18.9. The van der Waals surface area contributed by atoms with Crippen molar-refractivity contribution in [2.75, 3.05) is 19.6 Å². The Hall–Kier alpha value is -0.590. The number of nitriles is 1. The lowest BCUT2D eigenvalue weighted by Gasteiger charge is -2.32. The largest absolute Gasteiger partial charge is 0.300 e. The zero-order valence-electron chi connectivity index (χ0n) is 12.5. The van der Waals surface area contributed by atoms with Crippen molar-refractivity contribution < 1.29 is 0 Å². The van der Waals surface area contributed by atoms with Gasteiger partial charge >= 0.3 is 0 Å².